The maximum absolute atomic E-state index is 13.3. The van der Waals surface area contributed by atoms with Gasteiger partial charge in [0.25, 0.3) is 0 Å². The smallest absolute Gasteiger partial charge is 0.132 e. The predicted molar refractivity (Wildman–Crippen MR) is 67.0 cm³/mol. The fourth-order valence-corrected chi connectivity index (χ4v) is 1.75. The lowest BCUT2D eigenvalue weighted by atomic mass is 10.1. The largest absolute Gasteiger partial charge is 0.316 e. The second-order valence-corrected chi connectivity index (χ2v) is 4.90. The van der Waals surface area contributed by atoms with Crippen molar-refractivity contribution in [3.8, 4) is 0 Å². The molecule has 1 aromatic carbocycles. The van der Waals surface area contributed by atoms with Gasteiger partial charge in [-0.2, -0.15) is 0 Å². The molecule has 0 atom stereocenters. The Hall–Kier alpha value is -1.03. The van der Waals surface area contributed by atoms with Crippen LogP contribution in [0.15, 0.2) is 12.1 Å². The van der Waals surface area contributed by atoms with E-state index in [4.69, 9.17) is 0 Å². The normalized spacial score (nSPS) is 11.2. The van der Waals surface area contributed by atoms with Crippen LogP contribution in [0.2, 0.25) is 0 Å². The molecule has 0 heterocycles. The molecule has 1 aromatic rings. The monoisotopic (exact) mass is 259 g/mol. The maximum Gasteiger partial charge on any atom is 0.132 e. The summed E-state index contributed by atoms with van der Waals surface area (Å²) in [6.07, 6.45) is 1.84. The molecule has 0 aliphatic carbocycles. The Kier molecular flexibility index (Phi) is 6.19. The fraction of sp³-hybridized carbons (Fsp3) is 0.571. The van der Waals surface area contributed by atoms with Gasteiger partial charge in [-0.05, 0) is 38.3 Å². The van der Waals surface area contributed by atoms with Crippen molar-refractivity contribution in [1.82, 2.24) is 5.32 Å². The Balaban J connectivity index is 2.31. The maximum atomic E-state index is 13.3. The van der Waals surface area contributed by atoms with E-state index in [-0.39, 0.29) is 5.56 Å². The average Bonchev–Trinajstić information content (AvgIpc) is 2.25. The van der Waals surface area contributed by atoms with Crippen LogP contribution in [0.25, 0.3) is 0 Å². The Labute approximate surface area is 106 Å². The second-order valence-electron chi connectivity index (χ2n) is 4.90. The first kappa shape index (κ1) is 15.0. The summed E-state index contributed by atoms with van der Waals surface area (Å²) in [6, 6.07) is 1.46. The molecule has 1 N–H and O–H groups in total. The topological polar surface area (TPSA) is 12.0 Å². The Morgan fingerprint density at radius 1 is 1.06 bits per heavy atom. The highest BCUT2D eigenvalue weighted by molar-refractivity contribution is 5.20. The van der Waals surface area contributed by atoms with Gasteiger partial charge in [-0.3, -0.25) is 0 Å². The number of rotatable bonds is 7. The molecule has 0 unspecified atom stereocenters. The van der Waals surface area contributed by atoms with E-state index in [0.717, 1.165) is 31.6 Å². The van der Waals surface area contributed by atoms with Gasteiger partial charge in [-0.15, -0.1) is 0 Å². The molecule has 18 heavy (non-hydrogen) atoms. The third-order valence-electron chi connectivity index (χ3n) is 2.69. The molecule has 0 saturated carbocycles. The van der Waals surface area contributed by atoms with Crippen molar-refractivity contribution in [2.45, 2.75) is 33.1 Å². The summed E-state index contributed by atoms with van der Waals surface area (Å²) >= 11 is 0. The number of hydrogen-bond acceptors (Lipinski definition) is 1. The van der Waals surface area contributed by atoms with Crippen LogP contribution in [0.4, 0.5) is 13.2 Å². The molecule has 0 aliphatic heterocycles. The minimum atomic E-state index is -0.868. The first-order valence-corrected chi connectivity index (χ1v) is 6.35. The van der Waals surface area contributed by atoms with Gasteiger partial charge in [0, 0.05) is 17.7 Å². The number of nitrogens with one attached hydrogen (secondary N) is 1. The van der Waals surface area contributed by atoms with E-state index in [9.17, 15) is 13.2 Å². The number of unbranched alkanes of at least 4 members (excludes halogenated alkanes) is 1. The summed E-state index contributed by atoms with van der Waals surface area (Å²) in [7, 11) is 0. The summed E-state index contributed by atoms with van der Waals surface area (Å²) in [5, 5.41) is 3.26. The van der Waals surface area contributed by atoms with Gasteiger partial charge in [0.05, 0.1) is 0 Å². The van der Waals surface area contributed by atoms with Gasteiger partial charge in [0.15, 0.2) is 0 Å². The highest BCUT2D eigenvalue weighted by atomic mass is 19.1. The molecule has 0 amide bonds. The van der Waals surface area contributed by atoms with Crippen LogP contribution < -0.4 is 5.32 Å². The van der Waals surface area contributed by atoms with E-state index in [1.807, 2.05) is 0 Å². The van der Waals surface area contributed by atoms with Crippen molar-refractivity contribution in [2.75, 3.05) is 13.1 Å². The summed E-state index contributed by atoms with van der Waals surface area (Å²) in [5.41, 5.74) is -0.0136. The molecule has 0 bridgehead atoms. The molecular weight excluding hydrogens is 239 g/mol. The summed E-state index contributed by atoms with van der Waals surface area (Å²) < 4.78 is 39.3. The standard InChI is InChI=1S/C14H20F3N/c1-10(2)9-18-6-4-3-5-12-13(16)7-11(15)8-14(12)17/h7-8,10,18H,3-6,9H2,1-2H3. The van der Waals surface area contributed by atoms with E-state index in [1.165, 1.54) is 0 Å². The van der Waals surface area contributed by atoms with Crippen molar-refractivity contribution in [3.63, 3.8) is 0 Å². The van der Waals surface area contributed by atoms with Gasteiger partial charge in [-0.1, -0.05) is 13.8 Å². The number of benzene rings is 1. The van der Waals surface area contributed by atoms with Gasteiger partial charge < -0.3 is 5.32 Å². The summed E-state index contributed by atoms with van der Waals surface area (Å²) in [4.78, 5) is 0. The average molecular weight is 259 g/mol. The zero-order chi connectivity index (χ0) is 13.5. The number of halogens is 3. The first-order valence-electron chi connectivity index (χ1n) is 6.35. The lowest BCUT2D eigenvalue weighted by molar-refractivity contribution is 0.508. The van der Waals surface area contributed by atoms with Crippen molar-refractivity contribution in [1.29, 1.82) is 0 Å². The molecule has 0 aliphatic rings. The molecule has 0 spiro atoms. The van der Waals surface area contributed by atoms with Gasteiger partial charge in [0.2, 0.25) is 0 Å². The SMILES string of the molecule is CC(C)CNCCCCc1c(F)cc(F)cc1F. The molecule has 4 heteroatoms. The minimum Gasteiger partial charge on any atom is -0.316 e. The second kappa shape index (κ2) is 7.41. The minimum absolute atomic E-state index is 0.0136. The highest BCUT2D eigenvalue weighted by Gasteiger charge is 2.10. The third kappa shape index (κ3) is 5.08. The van der Waals surface area contributed by atoms with Crippen molar-refractivity contribution in [3.05, 3.63) is 35.1 Å². The molecule has 1 rings (SSSR count). The van der Waals surface area contributed by atoms with Crippen LogP contribution in [0.1, 0.15) is 32.3 Å². The van der Waals surface area contributed by atoms with Gasteiger partial charge in [-0.25, -0.2) is 13.2 Å². The Morgan fingerprint density at radius 2 is 1.67 bits per heavy atom. The third-order valence-corrected chi connectivity index (χ3v) is 2.69. The van der Waals surface area contributed by atoms with Crippen LogP contribution in [-0.4, -0.2) is 13.1 Å². The van der Waals surface area contributed by atoms with Crippen LogP contribution in [-0.2, 0) is 6.42 Å². The summed E-state index contributed by atoms with van der Waals surface area (Å²) in [5.74, 6) is -1.85. The molecule has 0 aromatic heterocycles. The summed E-state index contributed by atoms with van der Waals surface area (Å²) in [6.45, 7) is 6.02. The van der Waals surface area contributed by atoms with E-state index in [1.54, 1.807) is 0 Å². The van der Waals surface area contributed by atoms with Crippen LogP contribution in [0, 0.1) is 23.4 Å². The van der Waals surface area contributed by atoms with Crippen LogP contribution in [0.3, 0.4) is 0 Å². The van der Waals surface area contributed by atoms with Gasteiger partial charge in [0.1, 0.15) is 17.5 Å². The lowest BCUT2D eigenvalue weighted by Gasteiger charge is -2.08. The Morgan fingerprint density at radius 3 is 2.22 bits per heavy atom. The highest BCUT2D eigenvalue weighted by Crippen LogP contribution is 2.16. The molecule has 0 saturated heterocycles. The Bertz CT molecular complexity index is 354. The van der Waals surface area contributed by atoms with Crippen LogP contribution >= 0.6 is 0 Å². The first-order chi connectivity index (χ1) is 8.50. The predicted octanol–water partition coefficient (Wildman–Crippen LogP) is 3.67. The lowest BCUT2D eigenvalue weighted by Crippen LogP contribution is -2.20. The van der Waals surface area contributed by atoms with Crippen LogP contribution in [0.5, 0.6) is 0 Å². The quantitative estimate of drug-likeness (QED) is 0.737. The molecule has 1 nitrogen and oxygen atoms in total. The van der Waals surface area contributed by atoms with Gasteiger partial charge >= 0.3 is 0 Å². The van der Waals surface area contributed by atoms with E-state index < -0.39 is 17.5 Å². The van der Waals surface area contributed by atoms with Crippen molar-refractivity contribution < 1.29 is 13.2 Å². The fourth-order valence-electron chi connectivity index (χ4n) is 1.75. The number of hydrogen-bond donors (Lipinski definition) is 1. The van der Waals surface area contributed by atoms with Crippen molar-refractivity contribution >= 4 is 0 Å². The molecule has 0 radical (unpaired) electrons. The van der Waals surface area contributed by atoms with Crippen molar-refractivity contribution in [2.24, 2.45) is 5.92 Å². The van der Waals surface area contributed by atoms with E-state index >= 15 is 0 Å². The zero-order valence-corrected chi connectivity index (χ0v) is 10.9. The van der Waals surface area contributed by atoms with E-state index in [2.05, 4.69) is 19.2 Å². The molecule has 102 valence electrons. The molecule has 0 fully saturated rings. The van der Waals surface area contributed by atoms with E-state index in [0.29, 0.717) is 18.8 Å². The molecular formula is C14H20F3N. The zero-order valence-electron chi connectivity index (χ0n) is 10.9.